The van der Waals surface area contributed by atoms with Gasteiger partial charge in [0.05, 0.1) is 13.2 Å². The molecule has 1 fully saturated rings. The van der Waals surface area contributed by atoms with Gasteiger partial charge in [0.15, 0.2) is 11.5 Å². The molecular weight excluding hydrogens is 538 g/mol. The van der Waals surface area contributed by atoms with E-state index in [4.69, 9.17) is 38.9 Å². The fourth-order valence-electron chi connectivity index (χ4n) is 3.75. The van der Waals surface area contributed by atoms with Gasteiger partial charge in [-0.2, -0.15) is 0 Å². The summed E-state index contributed by atoms with van der Waals surface area (Å²) in [5, 5.41) is 0. The Balaban J connectivity index is 1.95. The van der Waals surface area contributed by atoms with Crippen molar-refractivity contribution in [3.8, 4) is 11.5 Å². The number of benzene rings is 1. The van der Waals surface area contributed by atoms with Crippen LogP contribution in [0.1, 0.15) is 72.3 Å². The van der Waals surface area contributed by atoms with Crippen LogP contribution in [0.25, 0.3) is 0 Å². The second kappa shape index (κ2) is 17.3. The molecule has 2 N–H and O–H groups in total. The summed E-state index contributed by atoms with van der Waals surface area (Å²) >= 11 is 0. The number of hydrogen-bond donors (Lipinski definition) is 1. The summed E-state index contributed by atoms with van der Waals surface area (Å²) in [6.45, 7) is 9.13. The Morgan fingerprint density at radius 1 is 0.780 bits per heavy atom. The standard InChI is InChI=1S/C29H43NO11/c1-18(2)15-35-28(33)40-24-12-11-21(14-25(24)41-29(34)36-16-19(3)4)13-23(30)26(31)38-20(5)17-37-27(32)39-22-9-7-6-8-10-22/h11-12,14,18-20,22-23H,6-10,13,15-17,30H2,1-5H3/t20-,23-/m0/s1. The maximum Gasteiger partial charge on any atom is 0.513 e. The highest BCUT2D eigenvalue weighted by atomic mass is 16.7. The van der Waals surface area contributed by atoms with E-state index in [1.807, 2.05) is 27.7 Å². The van der Waals surface area contributed by atoms with Crippen LogP contribution in [0.4, 0.5) is 14.4 Å². The molecule has 1 aliphatic carbocycles. The topological polar surface area (TPSA) is 159 Å². The SMILES string of the molecule is CC(C)COC(=O)Oc1ccc(C[C@H](N)C(=O)O[C@@H](C)COC(=O)OC2CCCCC2)cc1OC(=O)OCC(C)C. The minimum Gasteiger partial charge on any atom is -0.458 e. The zero-order valence-corrected chi connectivity index (χ0v) is 24.6. The fourth-order valence-corrected chi connectivity index (χ4v) is 3.75. The largest absolute Gasteiger partial charge is 0.513 e. The van der Waals surface area contributed by atoms with Gasteiger partial charge in [-0.3, -0.25) is 4.79 Å². The van der Waals surface area contributed by atoms with Crippen LogP contribution in [0.3, 0.4) is 0 Å². The Kier molecular flexibility index (Phi) is 14.2. The third-order valence-corrected chi connectivity index (χ3v) is 5.79. The second-order valence-electron chi connectivity index (χ2n) is 10.9. The maximum absolute atomic E-state index is 12.6. The predicted molar refractivity (Wildman–Crippen MR) is 147 cm³/mol. The summed E-state index contributed by atoms with van der Waals surface area (Å²) < 4.78 is 36.2. The molecule has 0 radical (unpaired) electrons. The molecule has 1 aromatic rings. The average Bonchev–Trinajstić information content (AvgIpc) is 2.91. The van der Waals surface area contributed by atoms with E-state index in [-0.39, 0.29) is 55.7 Å². The summed E-state index contributed by atoms with van der Waals surface area (Å²) in [7, 11) is 0. The Morgan fingerprint density at radius 2 is 1.34 bits per heavy atom. The minimum atomic E-state index is -1.09. The van der Waals surface area contributed by atoms with E-state index in [1.54, 1.807) is 13.0 Å². The highest BCUT2D eigenvalue weighted by Crippen LogP contribution is 2.30. The number of nitrogens with two attached hydrogens (primary N) is 1. The minimum absolute atomic E-state index is 0.00557. The Bertz CT molecular complexity index is 1000. The number of ether oxygens (including phenoxy) is 7. The molecule has 2 atom stereocenters. The van der Waals surface area contributed by atoms with Crippen molar-refractivity contribution in [3.05, 3.63) is 23.8 Å². The number of hydrogen-bond acceptors (Lipinski definition) is 12. The van der Waals surface area contributed by atoms with Gasteiger partial charge in [-0.25, -0.2) is 14.4 Å². The van der Waals surface area contributed by atoms with Crippen molar-refractivity contribution in [2.24, 2.45) is 17.6 Å². The molecule has 230 valence electrons. The first kappa shape index (κ1) is 33.7. The van der Waals surface area contributed by atoms with E-state index in [0.29, 0.717) is 5.56 Å². The molecule has 0 aromatic heterocycles. The molecule has 0 amide bonds. The molecule has 0 unspecified atom stereocenters. The molecule has 41 heavy (non-hydrogen) atoms. The van der Waals surface area contributed by atoms with Gasteiger partial charge in [0.25, 0.3) is 0 Å². The van der Waals surface area contributed by atoms with Gasteiger partial charge >= 0.3 is 24.4 Å². The first-order valence-corrected chi connectivity index (χ1v) is 14.0. The van der Waals surface area contributed by atoms with Crippen LogP contribution >= 0.6 is 0 Å². The van der Waals surface area contributed by atoms with Crippen molar-refractivity contribution < 1.29 is 52.3 Å². The molecule has 1 saturated carbocycles. The van der Waals surface area contributed by atoms with Crippen LogP contribution in [-0.4, -0.2) is 62.5 Å². The normalized spacial score (nSPS) is 15.0. The van der Waals surface area contributed by atoms with Gasteiger partial charge in [0.1, 0.15) is 24.9 Å². The Labute approximate surface area is 241 Å². The fraction of sp³-hybridized carbons (Fsp3) is 0.655. The third-order valence-electron chi connectivity index (χ3n) is 5.79. The third kappa shape index (κ3) is 13.6. The lowest BCUT2D eigenvalue weighted by atomic mass is 9.98. The average molecular weight is 582 g/mol. The van der Waals surface area contributed by atoms with E-state index in [2.05, 4.69) is 0 Å². The van der Waals surface area contributed by atoms with E-state index in [0.717, 1.165) is 32.1 Å². The highest BCUT2D eigenvalue weighted by molar-refractivity contribution is 5.76. The molecule has 1 aliphatic rings. The number of carbonyl (C=O) groups excluding carboxylic acids is 4. The summed E-state index contributed by atoms with van der Waals surface area (Å²) in [5.41, 5.74) is 6.54. The molecule has 0 saturated heterocycles. The van der Waals surface area contributed by atoms with Gasteiger partial charge < -0.3 is 38.9 Å². The Hall–Kier alpha value is -3.54. The summed E-state index contributed by atoms with van der Waals surface area (Å²) in [6, 6.07) is 3.26. The lowest BCUT2D eigenvalue weighted by Gasteiger charge is -2.22. The molecule has 0 aliphatic heterocycles. The van der Waals surface area contributed by atoms with Crippen molar-refractivity contribution in [2.75, 3.05) is 19.8 Å². The summed E-state index contributed by atoms with van der Waals surface area (Å²) in [5.74, 6) is -0.742. The van der Waals surface area contributed by atoms with Crippen molar-refractivity contribution >= 4 is 24.4 Å². The lowest BCUT2D eigenvalue weighted by molar-refractivity contribution is -0.152. The van der Waals surface area contributed by atoms with E-state index in [1.165, 1.54) is 12.1 Å². The number of esters is 1. The van der Waals surface area contributed by atoms with Crippen LogP contribution in [0.5, 0.6) is 11.5 Å². The molecule has 12 nitrogen and oxygen atoms in total. The molecule has 0 bridgehead atoms. The molecule has 12 heteroatoms. The van der Waals surface area contributed by atoms with Crippen molar-refractivity contribution in [2.45, 2.75) is 91.4 Å². The molecule has 1 aromatic carbocycles. The van der Waals surface area contributed by atoms with Crippen LogP contribution in [0, 0.1) is 11.8 Å². The maximum atomic E-state index is 12.6. The second-order valence-corrected chi connectivity index (χ2v) is 10.9. The summed E-state index contributed by atoms with van der Waals surface area (Å²) in [4.78, 5) is 48.8. The van der Waals surface area contributed by atoms with Crippen LogP contribution in [-0.2, 0) is 34.9 Å². The molecular formula is C29H43NO11. The van der Waals surface area contributed by atoms with E-state index < -0.39 is 36.6 Å². The monoisotopic (exact) mass is 581 g/mol. The first-order valence-electron chi connectivity index (χ1n) is 14.0. The van der Waals surface area contributed by atoms with Crippen molar-refractivity contribution in [1.82, 2.24) is 0 Å². The molecule has 0 spiro atoms. The smallest absolute Gasteiger partial charge is 0.458 e. The quantitative estimate of drug-likeness (QED) is 0.182. The highest BCUT2D eigenvalue weighted by Gasteiger charge is 2.23. The van der Waals surface area contributed by atoms with Gasteiger partial charge in [-0.05, 0) is 68.6 Å². The number of carbonyl (C=O) groups is 4. The molecule has 2 rings (SSSR count). The van der Waals surface area contributed by atoms with Gasteiger partial charge in [-0.1, -0.05) is 40.2 Å². The van der Waals surface area contributed by atoms with Crippen LogP contribution in [0.2, 0.25) is 0 Å². The summed E-state index contributed by atoms with van der Waals surface area (Å²) in [6.07, 6.45) is 1.15. The van der Waals surface area contributed by atoms with Crippen LogP contribution in [0.15, 0.2) is 18.2 Å². The Morgan fingerprint density at radius 3 is 1.93 bits per heavy atom. The van der Waals surface area contributed by atoms with E-state index in [9.17, 15) is 19.2 Å². The van der Waals surface area contributed by atoms with Crippen molar-refractivity contribution in [1.29, 1.82) is 0 Å². The van der Waals surface area contributed by atoms with Gasteiger partial charge in [-0.15, -0.1) is 0 Å². The van der Waals surface area contributed by atoms with Crippen molar-refractivity contribution in [3.63, 3.8) is 0 Å². The zero-order chi connectivity index (χ0) is 30.4. The van der Waals surface area contributed by atoms with Gasteiger partial charge in [0.2, 0.25) is 0 Å². The van der Waals surface area contributed by atoms with Crippen LogP contribution < -0.4 is 15.2 Å². The number of rotatable bonds is 13. The predicted octanol–water partition coefficient (Wildman–Crippen LogP) is 5.32. The molecule has 0 heterocycles. The van der Waals surface area contributed by atoms with Gasteiger partial charge in [0, 0.05) is 0 Å². The lowest BCUT2D eigenvalue weighted by Crippen LogP contribution is -2.37. The zero-order valence-electron chi connectivity index (χ0n) is 24.6. The van der Waals surface area contributed by atoms with E-state index >= 15 is 0 Å². The first-order chi connectivity index (χ1) is 19.4.